The number of imidazole rings is 1. The van der Waals surface area contributed by atoms with E-state index in [1.54, 1.807) is 0 Å². The molecule has 3 rings (SSSR count). The van der Waals surface area contributed by atoms with E-state index in [4.69, 9.17) is 11.6 Å². The largest absolute Gasteiger partial charge is 0.395 e. The molecule has 0 saturated heterocycles. The van der Waals surface area contributed by atoms with Crippen LogP contribution in [0.3, 0.4) is 0 Å². The number of hydrogen-bond acceptors (Lipinski definition) is 2. The monoisotopic (exact) mass is 286 g/mol. The molecule has 1 aromatic heterocycles. The molecular formula is C16H15ClN2O. The first-order valence-electron chi connectivity index (χ1n) is 6.57. The topological polar surface area (TPSA) is 38.0 Å². The van der Waals surface area contributed by atoms with Crippen LogP contribution >= 0.6 is 11.6 Å². The number of aliphatic hydroxyl groups is 1. The summed E-state index contributed by atoms with van der Waals surface area (Å²) in [4.78, 5) is 4.67. The fraction of sp³-hybridized carbons (Fsp3) is 0.188. The van der Waals surface area contributed by atoms with Gasteiger partial charge in [-0.25, -0.2) is 4.98 Å². The van der Waals surface area contributed by atoms with E-state index in [2.05, 4.69) is 9.55 Å². The molecule has 0 aliphatic rings. The van der Waals surface area contributed by atoms with Crippen LogP contribution in [0.1, 0.15) is 11.4 Å². The van der Waals surface area contributed by atoms with Gasteiger partial charge in [0.15, 0.2) is 0 Å². The molecular weight excluding hydrogens is 272 g/mol. The highest BCUT2D eigenvalue weighted by Gasteiger charge is 2.10. The zero-order chi connectivity index (χ0) is 13.9. The first kappa shape index (κ1) is 13.2. The van der Waals surface area contributed by atoms with Crippen molar-refractivity contribution in [2.45, 2.75) is 13.0 Å². The van der Waals surface area contributed by atoms with E-state index in [1.165, 1.54) is 0 Å². The zero-order valence-electron chi connectivity index (χ0n) is 11.0. The molecule has 3 nitrogen and oxygen atoms in total. The summed E-state index contributed by atoms with van der Waals surface area (Å²) in [7, 11) is 0. The Balaban J connectivity index is 2.01. The van der Waals surface area contributed by atoms with Crippen LogP contribution in [0.15, 0.2) is 48.5 Å². The van der Waals surface area contributed by atoms with Crippen molar-refractivity contribution < 1.29 is 5.11 Å². The molecule has 0 saturated carbocycles. The molecule has 102 valence electrons. The first-order chi connectivity index (χ1) is 9.78. The molecule has 0 radical (unpaired) electrons. The minimum atomic E-state index is 0.105. The minimum Gasteiger partial charge on any atom is -0.395 e. The first-order valence-corrected chi connectivity index (χ1v) is 6.95. The van der Waals surface area contributed by atoms with Crippen molar-refractivity contribution in [1.29, 1.82) is 0 Å². The van der Waals surface area contributed by atoms with Gasteiger partial charge in [0, 0.05) is 18.0 Å². The van der Waals surface area contributed by atoms with Gasteiger partial charge in [0.1, 0.15) is 5.82 Å². The molecule has 1 heterocycles. The van der Waals surface area contributed by atoms with Gasteiger partial charge in [0.2, 0.25) is 0 Å². The highest BCUT2D eigenvalue weighted by Crippen LogP contribution is 2.19. The summed E-state index contributed by atoms with van der Waals surface area (Å²) in [6, 6.07) is 15.8. The number of fused-ring (bicyclic) bond motifs is 1. The van der Waals surface area contributed by atoms with E-state index >= 15 is 0 Å². The molecule has 0 amide bonds. The molecule has 0 aliphatic heterocycles. The van der Waals surface area contributed by atoms with Crippen molar-refractivity contribution >= 4 is 22.6 Å². The van der Waals surface area contributed by atoms with E-state index in [0.717, 1.165) is 33.9 Å². The maximum absolute atomic E-state index is 9.26. The Bertz CT molecular complexity index is 719. The van der Waals surface area contributed by atoms with Crippen LogP contribution in [0.4, 0.5) is 0 Å². The fourth-order valence-corrected chi connectivity index (χ4v) is 2.52. The van der Waals surface area contributed by atoms with Gasteiger partial charge >= 0.3 is 0 Å². The number of rotatable bonds is 4. The highest BCUT2D eigenvalue weighted by atomic mass is 35.5. The molecule has 0 atom stereocenters. The molecule has 0 aliphatic carbocycles. The van der Waals surface area contributed by atoms with Crippen LogP contribution in [0.25, 0.3) is 11.0 Å². The van der Waals surface area contributed by atoms with Crippen LogP contribution in [0.2, 0.25) is 5.02 Å². The number of halogens is 1. The second-order valence-corrected chi connectivity index (χ2v) is 5.13. The van der Waals surface area contributed by atoms with Gasteiger partial charge in [-0.2, -0.15) is 0 Å². The van der Waals surface area contributed by atoms with E-state index in [-0.39, 0.29) is 6.61 Å². The standard InChI is InChI=1S/C16H15ClN2O/c17-13-7-5-12(6-8-13)11-16-18-14-3-1-2-4-15(14)19(16)9-10-20/h1-8,20H,9-11H2. The molecule has 1 N–H and O–H groups in total. The maximum atomic E-state index is 9.26. The SMILES string of the molecule is OCCn1c(Cc2ccc(Cl)cc2)nc2ccccc21. The maximum Gasteiger partial charge on any atom is 0.114 e. The summed E-state index contributed by atoms with van der Waals surface area (Å²) in [5.41, 5.74) is 3.18. The third-order valence-electron chi connectivity index (χ3n) is 3.33. The Kier molecular flexibility index (Phi) is 3.72. The summed E-state index contributed by atoms with van der Waals surface area (Å²) >= 11 is 5.91. The van der Waals surface area contributed by atoms with E-state index in [9.17, 15) is 5.11 Å². The number of para-hydroxylation sites is 2. The second kappa shape index (κ2) is 5.65. The number of aliphatic hydroxyl groups excluding tert-OH is 1. The molecule has 0 fully saturated rings. The number of nitrogens with zero attached hydrogens (tertiary/aromatic N) is 2. The van der Waals surface area contributed by atoms with Crippen LogP contribution in [-0.2, 0) is 13.0 Å². The van der Waals surface area contributed by atoms with Gasteiger partial charge in [-0.15, -0.1) is 0 Å². The molecule has 0 unspecified atom stereocenters. The van der Waals surface area contributed by atoms with Gasteiger partial charge in [0.25, 0.3) is 0 Å². The van der Waals surface area contributed by atoms with E-state index in [1.807, 2.05) is 48.5 Å². The lowest BCUT2D eigenvalue weighted by Gasteiger charge is -2.07. The molecule has 0 spiro atoms. The normalized spacial score (nSPS) is 11.1. The highest BCUT2D eigenvalue weighted by molar-refractivity contribution is 6.30. The molecule has 3 aromatic rings. The Morgan fingerprint density at radius 2 is 1.80 bits per heavy atom. The number of aromatic nitrogens is 2. The molecule has 20 heavy (non-hydrogen) atoms. The van der Waals surface area contributed by atoms with Crippen molar-refractivity contribution in [1.82, 2.24) is 9.55 Å². The van der Waals surface area contributed by atoms with Gasteiger partial charge in [0.05, 0.1) is 17.6 Å². The second-order valence-electron chi connectivity index (χ2n) is 4.70. The van der Waals surface area contributed by atoms with Gasteiger partial charge in [-0.1, -0.05) is 35.9 Å². The predicted octanol–water partition coefficient (Wildman–Crippen LogP) is 3.27. The van der Waals surface area contributed by atoms with Crippen molar-refractivity contribution in [2.75, 3.05) is 6.61 Å². The van der Waals surface area contributed by atoms with E-state index < -0.39 is 0 Å². The summed E-state index contributed by atoms with van der Waals surface area (Å²) in [6.07, 6.45) is 0.728. The average Bonchev–Trinajstić information content (AvgIpc) is 2.80. The lowest BCUT2D eigenvalue weighted by molar-refractivity contribution is 0.276. The lowest BCUT2D eigenvalue weighted by atomic mass is 10.1. The van der Waals surface area contributed by atoms with Crippen molar-refractivity contribution in [3.05, 3.63) is 64.9 Å². The Morgan fingerprint density at radius 3 is 2.55 bits per heavy atom. The fourth-order valence-electron chi connectivity index (χ4n) is 2.39. The Labute approximate surface area is 122 Å². The Morgan fingerprint density at radius 1 is 1.05 bits per heavy atom. The van der Waals surface area contributed by atoms with Gasteiger partial charge < -0.3 is 9.67 Å². The predicted molar refractivity (Wildman–Crippen MR) is 81.1 cm³/mol. The number of benzene rings is 2. The van der Waals surface area contributed by atoms with E-state index in [0.29, 0.717) is 6.54 Å². The van der Waals surface area contributed by atoms with Gasteiger partial charge in [-0.3, -0.25) is 0 Å². The minimum absolute atomic E-state index is 0.105. The van der Waals surface area contributed by atoms with Crippen LogP contribution < -0.4 is 0 Å². The molecule has 4 heteroatoms. The summed E-state index contributed by atoms with van der Waals surface area (Å²) in [6.45, 7) is 0.664. The number of hydrogen-bond donors (Lipinski definition) is 1. The third kappa shape index (κ3) is 2.55. The lowest BCUT2D eigenvalue weighted by Crippen LogP contribution is -2.07. The quantitative estimate of drug-likeness (QED) is 0.799. The summed E-state index contributed by atoms with van der Waals surface area (Å²) < 4.78 is 2.07. The third-order valence-corrected chi connectivity index (χ3v) is 3.58. The van der Waals surface area contributed by atoms with Crippen molar-refractivity contribution in [2.24, 2.45) is 0 Å². The summed E-state index contributed by atoms with van der Waals surface area (Å²) in [5.74, 6) is 0.961. The molecule has 2 aromatic carbocycles. The van der Waals surface area contributed by atoms with Crippen molar-refractivity contribution in [3.8, 4) is 0 Å². The smallest absolute Gasteiger partial charge is 0.114 e. The van der Waals surface area contributed by atoms with Crippen LogP contribution in [0, 0.1) is 0 Å². The van der Waals surface area contributed by atoms with Crippen molar-refractivity contribution in [3.63, 3.8) is 0 Å². The van der Waals surface area contributed by atoms with Crippen LogP contribution in [0.5, 0.6) is 0 Å². The molecule has 0 bridgehead atoms. The summed E-state index contributed by atoms with van der Waals surface area (Å²) in [5, 5.41) is 9.99. The average molecular weight is 287 g/mol. The van der Waals surface area contributed by atoms with Gasteiger partial charge in [-0.05, 0) is 29.8 Å². The Hall–Kier alpha value is -1.84. The van der Waals surface area contributed by atoms with Crippen LogP contribution in [-0.4, -0.2) is 21.3 Å². The zero-order valence-corrected chi connectivity index (χ0v) is 11.7.